The second kappa shape index (κ2) is 5.73. The highest BCUT2D eigenvalue weighted by Crippen LogP contribution is 2.25. The van der Waals surface area contributed by atoms with E-state index in [1.54, 1.807) is 0 Å². The minimum Gasteiger partial charge on any atom is -0.494 e. The fraction of sp³-hybridized carbons (Fsp3) is 0.333. The Hall–Kier alpha value is -2.05. The van der Waals surface area contributed by atoms with Gasteiger partial charge in [-0.05, 0) is 25.1 Å². The van der Waals surface area contributed by atoms with Crippen molar-refractivity contribution < 1.29 is 32.2 Å². The maximum Gasteiger partial charge on any atom is 0.404 e. The highest BCUT2D eigenvalue weighted by atomic mass is 19.3. The van der Waals surface area contributed by atoms with E-state index in [0.717, 1.165) is 25.3 Å². The van der Waals surface area contributed by atoms with Crippen LogP contribution in [0.1, 0.15) is 17.3 Å². The lowest BCUT2D eigenvalue weighted by molar-refractivity contribution is -0.164. The standard InChI is InChI=1S/C12H11F3O4/c1-3-19-11(17)12(14,15)10(16)7-4-5-8(13)9(6-7)18-2/h4-6H,3H2,1-2H3. The second-order valence-electron chi connectivity index (χ2n) is 3.47. The molecule has 0 saturated carbocycles. The fourth-order valence-corrected chi connectivity index (χ4v) is 1.30. The van der Waals surface area contributed by atoms with Crippen LogP contribution >= 0.6 is 0 Å². The second-order valence-corrected chi connectivity index (χ2v) is 3.47. The van der Waals surface area contributed by atoms with Gasteiger partial charge in [0.2, 0.25) is 5.78 Å². The van der Waals surface area contributed by atoms with Gasteiger partial charge in [0, 0.05) is 5.56 Å². The van der Waals surface area contributed by atoms with E-state index in [-0.39, 0.29) is 12.4 Å². The average Bonchev–Trinajstić information content (AvgIpc) is 2.38. The highest BCUT2D eigenvalue weighted by molar-refractivity contribution is 6.13. The number of ether oxygens (including phenoxy) is 2. The summed E-state index contributed by atoms with van der Waals surface area (Å²) in [6, 6.07) is 2.44. The van der Waals surface area contributed by atoms with Gasteiger partial charge >= 0.3 is 11.9 Å². The smallest absolute Gasteiger partial charge is 0.404 e. The number of carbonyl (C=O) groups excluding carboxylic acids is 2. The number of esters is 1. The zero-order valence-corrected chi connectivity index (χ0v) is 10.2. The molecule has 0 radical (unpaired) electrons. The van der Waals surface area contributed by atoms with E-state index >= 15 is 0 Å². The predicted octanol–water partition coefficient (Wildman–Crippen LogP) is 2.22. The Labute approximate surface area is 107 Å². The van der Waals surface area contributed by atoms with E-state index in [1.807, 2.05) is 0 Å². The average molecular weight is 276 g/mol. The molecule has 0 bridgehead atoms. The lowest BCUT2D eigenvalue weighted by Crippen LogP contribution is -2.39. The van der Waals surface area contributed by atoms with Crippen molar-refractivity contribution >= 4 is 11.8 Å². The minimum atomic E-state index is -4.32. The molecule has 0 amide bonds. The first-order valence-corrected chi connectivity index (χ1v) is 5.28. The molecule has 0 heterocycles. The fourth-order valence-electron chi connectivity index (χ4n) is 1.30. The third kappa shape index (κ3) is 3.04. The lowest BCUT2D eigenvalue weighted by atomic mass is 10.1. The van der Waals surface area contributed by atoms with Crippen molar-refractivity contribution in [3.05, 3.63) is 29.6 Å². The van der Waals surface area contributed by atoms with Gasteiger partial charge in [-0.3, -0.25) is 4.79 Å². The van der Waals surface area contributed by atoms with Crippen LogP contribution in [0.15, 0.2) is 18.2 Å². The summed E-state index contributed by atoms with van der Waals surface area (Å²) in [6.45, 7) is 1.05. The molecule has 19 heavy (non-hydrogen) atoms. The van der Waals surface area contributed by atoms with Crippen molar-refractivity contribution in [2.75, 3.05) is 13.7 Å². The molecule has 1 aromatic carbocycles. The number of carbonyl (C=O) groups is 2. The van der Waals surface area contributed by atoms with Crippen molar-refractivity contribution in [2.45, 2.75) is 12.8 Å². The first-order chi connectivity index (χ1) is 8.84. The molecule has 0 saturated heterocycles. The molecule has 1 rings (SSSR count). The van der Waals surface area contributed by atoms with Crippen LogP contribution in [-0.4, -0.2) is 31.4 Å². The van der Waals surface area contributed by atoms with Crippen LogP contribution in [0.5, 0.6) is 5.75 Å². The van der Waals surface area contributed by atoms with E-state index in [2.05, 4.69) is 9.47 Å². The number of halogens is 3. The summed E-state index contributed by atoms with van der Waals surface area (Å²) in [5, 5.41) is 0. The Morgan fingerprint density at radius 3 is 2.47 bits per heavy atom. The Kier molecular flexibility index (Phi) is 4.52. The molecule has 0 atom stereocenters. The number of benzene rings is 1. The summed E-state index contributed by atoms with van der Waals surface area (Å²) in [7, 11) is 1.12. The summed E-state index contributed by atoms with van der Waals surface area (Å²) in [4.78, 5) is 22.5. The Morgan fingerprint density at radius 1 is 1.32 bits per heavy atom. The minimum absolute atomic E-state index is 0.283. The number of alkyl halides is 2. The van der Waals surface area contributed by atoms with Crippen LogP contribution in [0.4, 0.5) is 13.2 Å². The molecule has 0 fully saturated rings. The zero-order chi connectivity index (χ0) is 14.6. The van der Waals surface area contributed by atoms with Gasteiger partial charge in [-0.25, -0.2) is 9.18 Å². The molecule has 0 aromatic heterocycles. The first-order valence-electron chi connectivity index (χ1n) is 5.28. The maximum atomic E-state index is 13.5. The summed E-state index contributed by atoms with van der Waals surface area (Å²) in [5.74, 6) is -9.21. The van der Waals surface area contributed by atoms with Crippen LogP contribution < -0.4 is 4.74 Å². The molecule has 0 aliphatic heterocycles. The molecule has 7 heteroatoms. The molecule has 0 aliphatic rings. The number of ketones is 1. The number of Topliss-reactive ketones (excluding diaryl/α,β-unsaturated/α-hetero) is 1. The van der Waals surface area contributed by atoms with Gasteiger partial charge in [-0.2, -0.15) is 8.78 Å². The highest BCUT2D eigenvalue weighted by Gasteiger charge is 2.49. The zero-order valence-electron chi connectivity index (χ0n) is 10.2. The topological polar surface area (TPSA) is 52.6 Å². The summed E-state index contributed by atoms with van der Waals surface area (Å²) in [6.07, 6.45) is 0. The van der Waals surface area contributed by atoms with Crippen molar-refractivity contribution in [3.63, 3.8) is 0 Å². The van der Waals surface area contributed by atoms with Crippen LogP contribution in [-0.2, 0) is 9.53 Å². The normalized spacial score (nSPS) is 11.0. The van der Waals surface area contributed by atoms with Crippen LogP contribution in [0.3, 0.4) is 0 Å². The first kappa shape index (κ1) is 15.0. The SMILES string of the molecule is CCOC(=O)C(F)(F)C(=O)c1ccc(F)c(OC)c1. The summed E-state index contributed by atoms with van der Waals surface area (Å²) in [5.41, 5.74) is -0.545. The lowest BCUT2D eigenvalue weighted by Gasteiger charge is -2.13. The van der Waals surface area contributed by atoms with Crippen molar-refractivity contribution in [3.8, 4) is 5.75 Å². The van der Waals surface area contributed by atoms with Gasteiger partial charge in [0.15, 0.2) is 11.6 Å². The van der Waals surface area contributed by atoms with Crippen molar-refractivity contribution in [2.24, 2.45) is 0 Å². The molecular weight excluding hydrogens is 265 g/mol. The third-order valence-electron chi connectivity index (χ3n) is 2.23. The summed E-state index contributed by atoms with van der Waals surface area (Å²) < 4.78 is 48.7. The molecular formula is C12H11F3O4. The van der Waals surface area contributed by atoms with Gasteiger partial charge < -0.3 is 9.47 Å². The van der Waals surface area contributed by atoms with Gasteiger partial charge in [0.25, 0.3) is 0 Å². The van der Waals surface area contributed by atoms with Gasteiger partial charge in [0.05, 0.1) is 13.7 Å². The molecule has 0 spiro atoms. The number of hydrogen-bond donors (Lipinski definition) is 0. The van der Waals surface area contributed by atoms with E-state index in [9.17, 15) is 22.8 Å². The Morgan fingerprint density at radius 2 is 1.95 bits per heavy atom. The Balaban J connectivity index is 3.09. The predicted molar refractivity (Wildman–Crippen MR) is 58.9 cm³/mol. The summed E-state index contributed by atoms with van der Waals surface area (Å²) >= 11 is 0. The van der Waals surface area contributed by atoms with Crippen LogP contribution in [0, 0.1) is 5.82 Å². The van der Waals surface area contributed by atoms with Crippen LogP contribution in [0.2, 0.25) is 0 Å². The van der Waals surface area contributed by atoms with E-state index in [4.69, 9.17) is 0 Å². The van der Waals surface area contributed by atoms with E-state index in [1.165, 1.54) is 6.92 Å². The molecule has 0 unspecified atom stereocenters. The van der Waals surface area contributed by atoms with E-state index < -0.39 is 29.1 Å². The number of rotatable bonds is 5. The maximum absolute atomic E-state index is 13.5. The molecule has 0 N–H and O–H groups in total. The third-order valence-corrected chi connectivity index (χ3v) is 2.23. The number of methoxy groups -OCH3 is 1. The van der Waals surface area contributed by atoms with Crippen LogP contribution in [0.25, 0.3) is 0 Å². The quantitative estimate of drug-likeness (QED) is 0.470. The van der Waals surface area contributed by atoms with Gasteiger partial charge in [0.1, 0.15) is 0 Å². The van der Waals surface area contributed by atoms with Gasteiger partial charge in [-0.1, -0.05) is 0 Å². The monoisotopic (exact) mass is 276 g/mol. The Bertz CT molecular complexity index is 500. The molecule has 0 aliphatic carbocycles. The van der Waals surface area contributed by atoms with Gasteiger partial charge in [-0.15, -0.1) is 0 Å². The van der Waals surface area contributed by atoms with Crippen molar-refractivity contribution in [1.82, 2.24) is 0 Å². The molecule has 104 valence electrons. The van der Waals surface area contributed by atoms with Crippen molar-refractivity contribution in [1.29, 1.82) is 0 Å². The largest absolute Gasteiger partial charge is 0.494 e. The molecule has 4 nitrogen and oxygen atoms in total. The number of hydrogen-bond acceptors (Lipinski definition) is 4. The van der Waals surface area contributed by atoms with E-state index in [0.29, 0.717) is 0 Å². The molecule has 1 aromatic rings.